The zero-order valence-electron chi connectivity index (χ0n) is 13.7. The molecule has 3 heterocycles. The number of thiophene rings is 1. The van der Waals surface area contributed by atoms with E-state index in [1.807, 2.05) is 22.2 Å². The van der Waals surface area contributed by atoms with Crippen molar-refractivity contribution in [3.63, 3.8) is 0 Å². The minimum atomic E-state index is -0.0565. The van der Waals surface area contributed by atoms with E-state index in [1.54, 1.807) is 16.2 Å². The molecule has 0 spiro atoms. The van der Waals surface area contributed by atoms with Gasteiger partial charge in [0.15, 0.2) is 0 Å². The molecule has 23 heavy (non-hydrogen) atoms. The van der Waals surface area contributed by atoms with Gasteiger partial charge in [0.05, 0.1) is 5.92 Å². The summed E-state index contributed by atoms with van der Waals surface area (Å²) in [4.78, 5) is 30.8. The Kier molecular flexibility index (Phi) is 5.20. The van der Waals surface area contributed by atoms with Crippen LogP contribution in [0.1, 0.15) is 31.2 Å². The number of likely N-dealkylation sites (tertiary alicyclic amines) is 2. The number of amides is 3. The SMILES string of the molecule is CN(Cc1ccsc1)C(=O)C1CCCN(C(=O)N2CCCC2)C1. The number of hydrogen-bond donors (Lipinski definition) is 0. The number of rotatable bonds is 3. The third kappa shape index (κ3) is 3.86. The molecule has 2 aliphatic rings. The summed E-state index contributed by atoms with van der Waals surface area (Å²) in [7, 11) is 1.86. The first kappa shape index (κ1) is 16.3. The van der Waals surface area contributed by atoms with Crippen molar-refractivity contribution < 1.29 is 9.59 Å². The maximum atomic E-state index is 12.7. The Bertz CT molecular complexity index is 540. The maximum Gasteiger partial charge on any atom is 0.320 e. The van der Waals surface area contributed by atoms with Crippen LogP contribution in [-0.4, -0.2) is 59.9 Å². The largest absolute Gasteiger partial charge is 0.341 e. The minimum absolute atomic E-state index is 0.0565. The predicted octanol–water partition coefficient (Wildman–Crippen LogP) is 2.63. The van der Waals surface area contributed by atoms with Gasteiger partial charge in [-0.05, 0) is 48.1 Å². The van der Waals surface area contributed by atoms with Crippen LogP contribution in [0.5, 0.6) is 0 Å². The molecule has 3 amide bonds. The number of carbonyl (C=O) groups excluding carboxylic acids is 2. The highest BCUT2D eigenvalue weighted by Gasteiger charge is 2.32. The van der Waals surface area contributed by atoms with E-state index in [-0.39, 0.29) is 17.9 Å². The van der Waals surface area contributed by atoms with Crippen molar-refractivity contribution in [3.05, 3.63) is 22.4 Å². The zero-order valence-corrected chi connectivity index (χ0v) is 14.6. The van der Waals surface area contributed by atoms with Crippen LogP contribution in [0.25, 0.3) is 0 Å². The Balaban J connectivity index is 1.56. The summed E-state index contributed by atoms with van der Waals surface area (Å²) >= 11 is 1.65. The minimum Gasteiger partial charge on any atom is -0.341 e. The lowest BCUT2D eigenvalue weighted by molar-refractivity contribution is -0.136. The Morgan fingerprint density at radius 1 is 1.22 bits per heavy atom. The molecule has 2 fully saturated rings. The van der Waals surface area contributed by atoms with Crippen molar-refractivity contribution in [2.24, 2.45) is 5.92 Å². The molecule has 0 aromatic carbocycles. The molecule has 1 atom stereocenters. The number of carbonyl (C=O) groups is 2. The monoisotopic (exact) mass is 335 g/mol. The quantitative estimate of drug-likeness (QED) is 0.852. The van der Waals surface area contributed by atoms with Gasteiger partial charge in [-0.1, -0.05) is 0 Å². The normalized spacial score (nSPS) is 21.5. The van der Waals surface area contributed by atoms with Crippen molar-refractivity contribution in [3.8, 4) is 0 Å². The van der Waals surface area contributed by atoms with E-state index < -0.39 is 0 Å². The summed E-state index contributed by atoms with van der Waals surface area (Å²) in [6, 6.07) is 2.18. The van der Waals surface area contributed by atoms with Gasteiger partial charge in [-0.3, -0.25) is 4.79 Å². The third-order valence-corrected chi connectivity index (χ3v) is 5.53. The van der Waals surface area contributed by atoms with Gasteiger partial charge in [-0.2, -0.15) is 11.3 Å². The Morgan fingerprint density at radius 3 is 2.65 bits per heavy atom. The van der Waals surface area contributed by atoms with Crippen LogP contribution in [0, 0.1) is 5.92 Å². The molecule has 3 rings (SSSR count). The van der Waals surface area contributed by atoms with Crippen LogP contribution in [0.3, 0.4) is 0 Å². The van der Waals surface area contributed by atoms with E-state index in [2.05, 4.69) is 11.4 Å². The van der Waals surface area contributed by atoms with Crippen LogP contribution < -0.4 is 0 Å². The molecular formula is C17H25N3O2S. The fourth-order valence-corrected chi connectivity index (χ4v) is 4.17. The van der Waals surface area contributed by atoms with E-state index in [0.717, 1.165) is 45.3 Å². The van der Waals surface area contributed by atoms with E-state index >= 15 is 0 Å². The standard InChI is InChI=1S/C17H25N3O2S/c1-18(11-14-6-10-23-13-14)16(21)15-5-4-9-20(12-15)17(22)19-7-2-3-8-19/h6,10,13,15H,2-5,7-9,11-12H2,1H3. The molecule has 126 valence electrons. The number of piperidine rings is 1. The summed E-state index contributed by atoms with van der Waals surface area (Å²) in [6.07, 6.45) is 4.01. The molecule has 1 aromatic rings. The summed E-state index contributed by atoms with van der Waals surface area (Å²) in [5.74, 6) is 0.106. The second kappa shape index (κ2) is 7.34. The fourth-order valence-electron chi connectivity index (χ4n) is 3.51. The molecule has 2 aliphatic heterocycles. The van der Waals surface area contributed by atoms with Crippen molar-refractivity contribution >= 4 is 23.3 Å². The lowest BCUT2D eigenvalue weighted by Crippen LogP contribution is -2.49. The first-order valence-electron chi connectivity index (χ1n) is 8.45. The predicted molar refractivity (Wildman–Crippen MR) is 91.3 cm³/mol. The van der Waals surface area contributed by atoms with Gasteiger partial charge in [0.2, 0.25) is 5.91 Å². The lowest BCUT2D eigenvalue weighted by Gasteiger charge is -2.36. The Morgan fingerprint density at radius 2 is 1.96 bits per heavy atom. The van der Waals surface area contributed by atoms with Crippen molar-refractivity contribution in [2.45, 2.75) is 32.2 Å². The Labute approximate surface area is 141 Å². The second-order valence-electron chi connectivity index (χ2n) is 6.59. The van der Waals surface area contributed by atoms with Crippen molar-refractivity contribution in [1.29, 1.82) is 0 Å². The van der Waals surface area contributed by atoms with Gasteiger partial charge >= 0.3 is 6.03 Å². The fraction of sp³-hybridized carbons (Fsp3) is 0.647. The third-order valence-electron chi connectivity index (χ3n) is 4.79. The molecule has 0 radical (unpaired) electrons. The van der Waals surface area contributed by atoms with Gasteiger partial charge in [-0.25, -0.2) is 4.79 Å². The molecule has 0 aliphatic carbocycles. The molecule has 2 saturated heterocycles. The highest BCUT2D eigenvalue weighted by atomic mass is 32.1. The van der Waals surface area contributed by atoms with Gasteiger partial charge < -0.3 is 14.7 Å². The first-order chi connectivity index (χ1) is 11.1. The highest BCUT2D eigenvalue weighted by Crippen LogP contribution is 2.22. The smallest absolute Gasteiger partial charge is 0.320 e. The lowest BCUT2D eigenvalue weighted by atomic mass is 9.96. The summed E-state index contributed by atoms with van der Waals surface area (Å²) in [5, 5.41) is 4.11. The topological polar surface area (TPSA) is 43.9 Å². The molecule has 5 nitrogen and oxygen atoms in total. The zero-order chi connectivity index (χ0) is 16.2. The van der Waals surface area contributed by atoms with Crippen LogP contribution in [0.4, 0.5) is 4.79 Å². The number of hydrogen-bond acceptors (Lipinski definition) is 3. The van der Waals surface area contributed by atoms with Gasteiger partial charge in [0.25, 0.3) is 0 Å². The van der Waals surface area contributed by atoms with Crippen molar-refractivity contribution in [1.82, 2.24) is 14.7 Å². The number of urea groups is 1. The summed E-state index contributed by atoms with van der Waals surface area (Å²) in [6.45, 7) is 3.74. The molecular weight excluding hydrogens is 310 g/mol. The van der Waals surface area contributed by atoms with E-state index in [4.69, 9.17) is 0 Å². The van der Waals surface area contributed by atoms with E-state index in [1.165, 1.54) is 5.56 Å². The van der Waals surface area contributed by atoms with Crippen LogP contribution in [-0.2, 0) is 11.3 Å². The average molecular weight is 335 g/mol. The molecule has 1 aromatic heterocycles. The molecule has 1 unspecified atom stereocenters. The van der Waals surface area contributed by atoms with E-state index in [0.29, 0.717) is 13.1 Å². The van der Waals surface area contributed by atoms with Crippen LogP contribution >= 0.6 is 11.3 Å². The highest BCUT2D eigenvalue weighted by molar-refractivity contribution is 7.07. The molecule has 0 bridgehead atoms. The van der Waals surface area contributed by atoms with Gasteiger partial charge in [0.1, 0.15) is 0 Å². The van der Waals surface area contributed by atoms with E-state index in [9.17, 15) is 9.59 Å². The molecule has 0 saturated carbocycles. The Hall–Kier alpha value is -1.56. The van der Waals surface area contributed by atoms with Crippen molar-refractivity contribution in [2.75, 3.05) is 33.2 Å². The van der Waals surface area contributed by atoms with Gasteiger partial charge in [0, 0.05) is 39.8 Å². The summed E-state index contributed by atoms with van der Waals surface area (Å²) in [5.41, 5.74) is 1.17. The maximum absolute atomic E-state index is 12.7. The van der Waals surface area contributed by atoms with Gasteiger partial charge in [-0.15, -0.1) is 0 Å². The summed E-state index contributed by atoms with van der Waals surface area (Å²) < 4.78 is 0. The second-order valence-corrected chi connectivity index (χ2v) is 7.37. The average Bonchev–Trinajstić information content (AvgIpc) is 3.27. The van der Waals surface area contributed by atoms with Crippen LogP contribution in [0.2, 0.25) is 0 Å². The molecule has 6 heteroatoms. The molecule has 0 N–H and O–H groups in total. The first-order valence-corrected chi connectivity index (χ1v) is 9.39. The van der Waals surface area contributed by atoms with Crippen LogP contribution in [0.15, 0.2) is 16.8 Å². The number of nitrogens with zero attached hydrogens (tertiary/aromatic N) is 3.